The van der Waals surface area contributed by atoms with E-state index in [0.29, 0.717) is 37.4 Å². The van der Waals surface area contributed by atoms with Crippen LogP contribution in [0.15, 0.2) is 30.3 Å². The van der Waals surface area contributed by atoms with Crippen molar-refractivity contribution in [3.05, 3.63) is 35.9 Å². The average Bonchev–Trinajstić information content (AvgIpc) is 2.64. The summed E-state index contributed by atoms with van der Waals surface area (Å²) in [5.41, 5.74) is -1.06. The quantitative estimate of drug-likeness (QED) is 0.256. The molecule has 1 rings (SSSR count). The molecule has 5 heteroatoms. The van der Waals surface area contributed by atoms with Crippen LogP contribution in [-0.2, 0) is 24.7 Å². The first kappa shape index (κ1) is 21.0. The third kappa shape index (κ3) is 6.78. The lowest BCUT2D eigenvalue weighted by atomic mass is 9.88. The minimum absolute atomic E-state index is 0.225. The Bertz CT molecular complexity index is 520. The van der Waals surface area contributed by atoms with Gasteiger partial charge in [-0.15, -0.1) is 0 Å². The third-order valence-corrected chi connectivity index (χ3v) is 4.29. The van der Waals surface area contributed by atoms with Crippen LogP contribution < -0.4 is 0 Å². The summed E-state index contributed by atoms with van der Waals surface area (Å²) in [7, 11) is 0. The lowest BCUT2D eigenvalue weighted by molar-refractivity contribution is -0.167. The molecule has 1 N–H and O–H groups in total. The fraction of sp³-hybridized carbons (Fsp3) is 0.550. The highest BCUT2D eigenvalue weighted by Crippen LogP contribution is 2.29. The molecule has 0 fully saturated rings. The molecule has 0 amide bonds. The molecule has 0 spiro atoms. The van der Waals surface area contributed by atoms with E-state index in [4.69, 9.17) is 4.74 Å². The maximum atomic E-state index is 12.2. The molecule has 0 aromatic heterocycles. The standard InChI is InChI=1S/C20H28O5/c1-2-25-19(23)20(24,18-12-8-6-9-13-18)14-10-5-3-4-7-11-17(15-21)16-22/h6,8-9,12-13,15-17,24H,2-5,7,10-11,14H2,1H3. The highest BCUT2D eigenvalue weighted by molar-refractivity contribution is 5.81. The van der Waals surface area contributed by atoms with Crippen molar-refractivity contribution in [1.82, 2.24) is 0 Å². The van der Waals surface area contributed by atoms with Crippen molar-refractivity contribution >= 4 is 18.5 Å². The molecule has 0 saturated carbocycles. The van der Waals surface area contributed by atoms with Crippen LogP contribution in [0.4, 0.5) is 0 Å². The molecule has 1 aromatic rings. The first-order valence-corrected chi connectivity index (χ1v) is 8.94. The van der Waals surface area contributed by atoms with Crippen molar-refractivity contribution in [2.75, 3.05) is 6.61 Å². The van der Waals surface area contributed by atoms with Gasteiger partial charge in [-0.25, -0.2) is 4.79 Å². The summed E-state index contributed by atoms with van der Waals surface area (Å²) < 4.78 is 5.05. The minimum atomic E-state index is -1.61. The number of aldehydes is 2. The number of carbonyl (C=O) groups is 3. The minimum Gasteiger partial charge on any atom is -0.464 e. The number of benzene rings is 1. The van der Waals surface area contributed by atoms with E-state index < -0.39 is 17.5 Å². The molecular formula is C20H28O5. The van der Waals surface area contributed by atoms with Gasteiger partial charge >= 0.3 is 5.97 Å². The fourth-order valence-electron chi connectivity index (χ4n) is 2.79. The highest BCUT2D eigenvalue weighted by Gasteiger charge is 2.38. The van der Waals surface area contributed by atoms with Gasteiger partial charge in [0.2, 0.25) is 0 Å². The van der Waals surface area contributed by atoms with Crippen LogP contribution in [-0.4, -0.2) is 30.3 Å². The number of rotatable bonds is 13. The van der Waals surface area contributed by atoms with Crippen LogP contribution in [0, 0.1) is 5.92 Å². The first-order chi connectivity index (χ1) is 12.1. The summed E-state index contributed by atoms with van der Waals surface area (Å²) in [5.74, 6) is -1.10. The second-order valence-corrected chi connectivity index (χ2v) is 6.19. The van der Waals surface area contributed by atoms with E-state index in [1.807, 2.05) is 6.07 Å². The van der Waals surface area contributed by atoms with Crippen LogP contribution in [0.25, 0.3) is 0 Å². The number of unbranched alkanes of at least 4 members (excludes halogenated alkanes) is 4. The Balaban J connectivity index is 2.45. The third-order valence-electron chi connectivity index (χ3n) is 4.29. The lowest BCUT2D eigenvalue weighted by Crippen LogP contribution is -2.37. The maximum absolute atomic E-state index is 12.2. The van der Waals surface area contributed by atoms with Gasteiger partial charge < -0.3 is 19.4 Å². The predicted octanol–water partition coefficient (Wildman–Crippen LogP) is 3.18. The van der Waals surface area contributed by atoms with E-state index in [9.17, 15) is 19.5 Å². The van der Waals surface area contributed by atoms with Gasteiger partial charge in [0, 0.05) is 0 Å². The van der Waals surface area contributed by atoms with Crippen LogP contribution in [0.3, 0.4) is 0 Å². The van der Waals surface area contributed by atoms with E-state index >= 15 is 0 Å². The Labute approximate surface area is 149 Å². The van der Waals surface area contributed by atoms with Crippen molar-refractivity contribution in [2.24, 2.45) is 5.92 Å². The first-order valence-electron chi connectivity index (χ1n) is 8.94. The Morgan fingerprint density at radius 3 is 2.28 bits per heavy atom. The second kappa shape index (κ2) is 11.5. The number of hydrogen-bond acceptors (Lipinski definition) is 5. The molecular weight excluding hydrogens is 320 g/mol. The van der Waals surface area contributed by atoms with Gasteiger partial charge in [-0.3, -0.25) is 0 Å². The summed E-state index contributed by atoms with van der Waals surface area (Å²) in [6, 6.07) is 8.87. The zero-order valence-corrected chi connectivity index (χ0v) is 14.9. The lowest BCUT2D eigenvalue weighted by Gasteiger charge is -2.26. The number of hydrogen-bond donors (Lipinski definition) is 1. The second-order valence-electron chi connectivity index (χ2n) is 6.19. The van der Waals surface area contributed by atoms with Crippen molar-refractivity contribution in [2.45, 2.75) is 57.5 Å². The Morgan fingerprint density at radius 2 is 1.68 bits per heavy atom. The molecule has 25 heavy (non-hydrogen) atoms. The summed E-state index contributed by atoms with van der Waals surface area (Å²) in [6.45, 7) is 1.94. The van der Waals surface area contributed by atoms with Gasteiger partial charge in [-0.05, 0) is 31.7 Å². The zero-order chi connectivity index (χ0) is 18.5. The van der Waals surface area contributed by atoms with Crippen molar-refractivity contribution in [1.29, 1.82) is 0 Å². The zero-order valence-electron chi connectivity index (χ0n) is 14.9. The van der Waals surface area contributed by atoms with Gasteiger partial charge in [-0.1, -0.05) is 56.0 Å². The number of esters is 1. The molecule has 1 unspecified atom stereocenters. The van der Waals surface area contributed by atoms with Crippen molar-refractivity contribution < 1.29 is 24.2 Å². The molecule has 138 valence electrons. The van der Waals surface area contributed by atoms with E-state index in [-0.39, 0.29) is 6.61 Å². The van der Waals surface area contributed by atoms with Gasteiger partial charge in [0.15, 0.2) is 5.60 Å². The molecule has 1 aromatic carbocycles. The molecule has 0 aliphatic rings. The summed E-state index contributed by atoms with van der Waals surface area (Å²) >= 11 is 0. The van der Waals surface area contributed by atoms with Gasteiger partial charge in [-0.2, -0.15) is 0 Å². The SMILES string of the molecule is CCOC(=O)C(O)(CCCCCCCC(C=O)C=O)c1ccccc1. The van der Waals surface area contributed by atoms with Crippen molar-refractivity contribution in [3.8, 4) is 0 Å². The van der Waals surface area contributed by atoms with Gasteiger partial charge in [0.1, 0.15) is 12.6 Å². The summed E-state index contributed by atoms with van der Waals surface area (Å²) in [4.78, 5) is 33.4. The number of ether oxygens (including phenoxy) is 1. The fourth-order valence-corrected chi connectivity index (χ4v) is 2.79. The topological polar surface area (TPSA) is 80.7 Å². The molecule has 0 bridgehead atoms. The largest absolute Gasteiger partial charge is 0.464 e. The summed E-state index contributed by atoms with van der Waals surface area (Å²) in [5, 5.41) is 10.9. The maximum Gasteiger partial charge on any atom is 0.342 e. The molecule has 0 aliphatic carbocycles. The smallest absolute Gasteiger partial charge is 0.342 e. The monoisotopic (exact) mass is 348 g/mol. The normalized spacial score (nSPS) is 13.2. The molecule has 0 aliphatic heterocycles. The van der Waals surface area contributed by atoms with Crippen LogP contribution in [0.5, 0.6) is 0 Å². The van der Waals surface area contributed by atoms with Crippen LogP contribution >= 0.6 is 0 Å². The molecule has 0 radical (unpaired) electrons. The summed E-state index contributed by atoms with van der Waals surface area (Å²) in [6.07, 6.45) is 6.49. The van der Waals surface area contributed by atoms with E-state index in [1.54, 1.807) is 31.2 Å². The number of carbonyl (C=O) groups excluding carboxylic acids is 3. The average molecular weight is 348 g/mol. The van der Waals surface area contributed by atoms with Crippen LogP contribution in [0.1, 0.15) is 57.4 Å². The molecule has 0 saturated heterocycles. The Hall–Kier alpha value is -2.01. The molecule has 0 heterocycles. The van der Waals surface area contributed by atoms with Crippen LogP contribution in [0.2, 0.25) is 0 Å². The van der Waals surface area contributed by atoms with Crippen molar-refractivity contribution in [3.63, 3.8) is 0 Å². The Kier molecular flexibility index (Phi) is 9.70. The Morgan fingerprint density at radius 1 is 1.08 bits per heavy atom. The van der Waals surface area contributed by atoms with Gasteiger partial charge in [0.05, 0.1) is 12.5 Å². The van der Waals surface area contributed by atoms with Gasteiger partial charge in [0.25, 0.3) is 0 Å². The van der Waals surface area contributed by atoms with E-state index in [2.05, 4.69) is 0 Å². The van der Waals surface area contributed by atoms with E-state index in [1.165, 1.54) is 0 Å². The molecule has 1 atom stereocenters. The number of aliphatic hydroxyl groups is 1. The predicted molar refractivity (Wildman–Crippen MR) is 94.9 cm³/mol. The highest BCUT2D eigenvalue weighted by atomic mass is 16.5. The van der Waals surface area contributed by atoms with E-state index in [0.717, 1.165) is 25.7 Å². The molecule has 5 nitrogen and oxygen atoms in total.